The molecule has 110 valence electrons. The summed E-state index contributed by atoms with van der Waals surface area (Å²) in [6.45, 7) is 3.42. The molecule has 0 aromatic carbocycles. The summed E-state index contributed by atoms with van der Waals surface area (Å²) < 4.78 is 5.80. The van der Waals surface area contributed by atoms with Gasteiger partial charge in [-0.05, 0) is 18.9 Å². The Balaban J connectivity index is 0.00000147. The molecule has 1 aromatic rings. The maximum absolute atomic E-state index is 11.9. The Morgan fingerprint density at radius 1 is 1.50 bits per heavy atom. The van der Waals surface area contributed by atoms with E-state index < -0.39 is 0 Å². The third kappa shape index (κ3) is 3.26. The normalized spacial score (nSPS) is 28.3. The molecule has 1 amide bonds. The van der Waals surface area contributed by atoms with Crippen LogP contribution >= 0.6 is 12.4 Å². The molecule has 0 aliphatic carbocycles. The van der Waals surface area contributed by atoms with E-state index in [9.17, 15) is 4.79 Å². The van der Waals surface area contributed by atoms with Crippen LogP contribution in [-0.2, 0) is 4.74 Å². The van der Waals surface area contributed by atoms with Gasteiger partial charge in [0.2, 0.25) is 0 Å². The Morgan fingerprint density at radius 3 is 3.20 bits per heavy atom. The number of rotatable bonds is 3. The van der Waals surface area contributed by atoms with Gasteiger partial charge in [0.05, 0.1) is 18.9 Å². The molecule has 20 heavy (non-hydrogen) atoms. The van der Waals surface area contributed by atoms with Crippen molar-refractivity contribution in [1.29, 1.82) is 0 Å². The third-order valence-corrected chi connectivity index (χ3v) is 3.93. The number of amides is 1. The van der Waals surface area contributed by atoms with Crippen LogP contribution < -0.4 is 10.6 Å². The predicted molar refractivity (Wildman–Crippen MR) is 75.8 cm³/mol. The zero-order valence-corrected chi connectivity index (χ0v) is 11.9. The van der Waals surface area contributed by atoms with E-state index in [1.807, 2.05) is 0 Å². The Bertz CT molecular complexity index is 445. The van der Waals surface area contributed by atoms with Gasteiger partial charge < -0.3 is 15.4 Å². The number of carbonyl (C=O) groups excluding carboxylic acids is 1. The van der Waals surface area contributed by atoms with Gasteiger partial charge in [0.15, 0.2) is 0 Å². The first kappa shape index (κ1) is 15.2. The molecule has 2 fully saturated rings. The molecule has 6 nitrogen and oxygen atoms in total. The molecule has 2 aliphatic rings. The van der Waals surface area contributed by atoms with Crippen molar-refractivity contribution in [3.05, 3.63) is 24.3 Å². The standard InChI is InChI=1S/C13H18N4O2.ClH/c18-13(11-6-15-3-4-16-11)17-7-12-10-1-2-14-5-9(10)8-19-12;/h3-4,6,9-10,12,14H,1-2,5,7-8H2,(H,17,18);1H/t9-,10-,12+;/m0./s1. The van der Waals surface area contributed by atoms with E-state index in [0.29, 0.717) is 24.1 Å². The highest BCUT2D eigenvalue weighted by Crippen LogP contribution is 2.31. The van der Waals surface area contributed by atoms with E-state index in [0.717, 1.165) is 26.1 Å². The van der Waals surface area contributed by atoms with Crippen LogP contribution in [-0.4, -0.2) is 48.2 Å². The van der Waals surface area contributed by atoms with Gasteiger partial charge in [-0.1, -0.05) is 0 Å². The topological polar surface area (TPSA) is 76.1 Å². The lowest BCUT2D eigenvalue weighted by Gasteiger charge is -2.27. The molecule has 0 bridgehead atoms. The van der Waals surface area contributed by atoms with Gasteiger partial charge in [-0.25, -0.2) is 4.98 Å². The summed E-state index contributed by atoms with van der Waals surface area (Å²) in [6.07, 6.45) is 5.79. The highest BCUT2D eigenvalue weighted by Gasteiger charge is 2.38. The molecule has 3 heterocycles. The molecular weight excluding hydrogens is 280 g/mol. The van der Waals surface area contributed by atoms with Gasteiger partial charge in [-0.3, -0.25) is 9.78 Å². The molecule has 1 aromatic heterocycles. The van der Waals surface area contributed by atoms with E-state index in [4.69, 9.17) is 4.74 Å². The lowest BCUT2D eigenvalue weighted by molar-refractivity contribution is 0.0764. The zero-order valence-electron chi connectivity index (χ0n) is 11.1. The summed E-state index contributed by atoms with van der Waals surface area (Å²) in [5, 5.41) is 6.27. The van der Waals surface area contributed by atoms with Crippen molar-refractivity contribution in [1.82, 2.24) is 20.6 Å². The van der Waals surface area contributed by atoms with E-state index in [1.54, 1.807) is 6.20 Å². The number of carbonyl (C=O) groups is 1. The highest BCUT2D eigenvalue weighted by molar-refractivity contribution is 5.91. The smallest absolute Gasteiger partial charge is 0.271 e. The van der Waals surface area contributed by atoms with Gasteiger partial charge in [0, 0.05) is 31.4 Å². The largest absolute Gasteiger partial charge is 0.376 e. The van der Waals surface area contributed by atoms with Crippen LogP contribution in [0.25, 0.3) is 0 Å². The summed E-state index contributed by atoms with van der Waals surface area (Å²) in [5.74, 6) is 0.963. The van der Waals surface area contributed by atoms with E-state index >= 15 is 0 Å². The quantitative estimate of drug-likeness (QED) is 0.837. The van der Waals surface area contributed by atoms with Gasteiger partial charge in [0.25, 0.3) is 5.91 Å². The van der Waals surface area contributed by atoms with Gasteiger partial charge in [-0.15, -0.1) is 12.4 Å². The van der Waals surface area contributed by atoms with Crippen LogP contribution in [0.15, 0.2) is 18.6 Å². The summed E-state index contributed by atoms with van der Waals surface area (Å²) in [4.78, 5) is 19.7. The van der Waals surface area contributed by atoms with Crippen LogP contribution in [0, 0.1) is 11.8 Å². The Labute approximate surface area is 124 Å². The molecule has 0 spiro atoms. The van der Waals surface area contributed by atoms with Crippen molar-refractivity contribution < 1.29 is 9.53 Å². The second-order valence-electron chi connectivity index (χ2n) is 5.09. The first-order chi connectivity index (χ1) is 9.34. The first-order valence-corrected chi connectivity index (χ1v) is 6.71. The van der Waals surface area contributed by atoms with Crippen LogP contribution in [0.3, 0.4) is 0 Å². The molecule has 3 rings (SSSR count). The number of nitrogens with zero attached hydrogens (tertiary/aromatic N) is 2. The molecule has 7 heteroatoms. The SMILES string of the molecule is Cl.O=C(NC[C@H]1OC[C@@H]2CNCC[C@@H]21)c1cnccn1. The van der Waals surface area contributed by atoms with Crippen molar-refractivity contribution in [2.24, 2.45) is 11.8 Å². The van der Waals surface area contributed by atoms with Gasteiger partial charge in [0.1, 0.15) is 5.69 Å². The number of halogens is 1. The Hall–Kier alpha value is -1.24. The number of ether oxygens (including phenoxy) is 1. The van der Waals surface area contributed by atoms with Crippen molar-refractivity contribution in [3.8, 4) is 0 Å². The van der Waals surface area contributed by atoms with E-state index in [2.05, 4.69) is 20.6 Å². The maximum atomic E-state index is 11.9. The lowest BCUT2D eigenvalue weighted by atomic mass is 9.85. The molecule has 0 unspecified atom stereocenters. The third-order valence-electron chi connectivity index (χ3n) is 3.93. The summed E-state index contributed by atoms with van der Waals surface area (Å²) in [5.41, 5.74) is 0.349. The van der Waals surface area contributed by atoms with Gasteiger partial charge >= 0.3 is 0 Å². The lowest BCUT2D eigenvalue weighted by Crippen LogP contribution is -2.41. The maximum Gasteiger partial charge on any atom is 0.271 e. The van der Waals surface area contributed by atoms with Crippen molar-refractivity contribution >= 4 is 18.3 Å². The van der Waals surface area contributed by atoms with Crippen molar-refractivity contribution in [3.63, 3.8) is 0 Å². The second kappa shape index (κ2) is 6.97. The number of hydrogen-bond acceptors (Lipinski definition) is 5. The fourth-order valence-corrected chi connectivity index (χ4v) is 2.90. The second-order valence-corrected chi connectivity index (χ2v) is 5.09. The molecule has 2 N–H and O–H groups in total. The number of nitrogens with one attached hydrogen (secondary N) is 2. The summed E-state index contributed by atoms with van der Waals surface area (Å²) in [6, 6.07) is 0. The fourth-order valence-electron chi connectivity index (χ4n) is 2.90. The average Bonchev–Trinajstić information content (AvgIpc) is 2.89. The van der Waals surface area contributed by atoms with Crippen LogP contribution in [0.2, 0.25) is 0 Å². The number of hydrogen-bond donors (Lipinski definition) is 2. The monoisotopic (exact) mass is 298 g/mol. The van der Waals surface area contributed by atoms with Crippen LogP contribution in [0.5, 0.6) is 0 Å². The Kier molecular flexibility index (Phi) is 5.28. The Morgan fingerprint density at radius 2 is 2.40 bits per heavy atom. The molecule has 0 saturated carbocycles. The van der Waals surface area contributed by atoms with Gasteiger partial charge in [-0.2, -0.15) is 0 Å². The van der Waals surface area contributed by atoms with Crippen LogP contribution in [0.4, 0.5) is 0 Å². The minimum absolute atomic E-state index is 0. The van der Waals surface area contributed by atoms with E-state index in [-0.39, 0.29) is 24.4 Å². The van der Waals surface area contributed by atoms with E-state index in [1.165, 1.54) is 12.4 Å². The summed E-state index contributed by atoms with van der Waals surface area (Å²) >= 11 is 0. The molecule has 3 atom stereocenters. The van der Waals surface area contributed by atoms with Crippen molar-refractivity contribution in [2.75, 3.05) is 26.2 Å². The molecular formula is C13H19ClN4O2. The molecule has 2 saturated heterocycles. The predicted octanol–water partition coefficient (Wildman–Crippen LogP) is 0.253. The minimum atomic E-state index is -0.186. The zero-order chi connectivity index (χ0) is 13.1. The first-order valence-electron chi connectivity index (χ1n) is 6.71. The fraction of sp³-hybridized carbons (Fsp3) is 0.615. The molecule has 0 radical (unpaired) electrons. The molecule has 2 aliphatic heterocycles. The highest BCUT2D eigenvalue weighted by atomic mass is 35.5. The summed E-state index contributed by atoms with van der Waals surface area (Å²) in [7, 11) is 0. The number of fused-ring (bicyclic) bond motifs is 1. The van der Waals surface area contributed by atoms with Crippen LogP contribution in [0.1, 0.15) is 16.9 Å². The number of aromatic nitrogens is 2. The number of piperidine rings is 1. The van der Waals surface area contributed by atoms with Crippen molar-refractivity contribution in [2.45, 2.75) is 12.5 Å². The average molecular weight is 299 g/mol. The minimum Gasteiger partial charge on any atom is -0.376 e.